The number of rotatable bonds is 5. The highest BCUT2D eigenvalue weighted by atomic mass is 32.2. The lowest BCUT2D eigenvalue weighted by Crippen LogP contribution is -2.37. The topological polar surface area (TPSA) is 59.9 Å². The summed E-state index contributed by atoms with van der Waals surface area (Å²) in [7, 11) is 0. The summed E-state index contributed by atoms with van der Waals surface area (Å²) in [5.41, 5.74) is -0.484. The summed E-state index contributed by atoms with van der Waals surface area (Å²) in [5, 5.41) is 4.26. The van der Waals surface area contributed by atoms with Crippen molar-refractivity contribution in [1.82, 2.24) is 14.8 Å². The molecule has 0 spiro atoms. The largest absolute Gasteiger partial charge is 0.403 e. The highest BCUT2D eigenvalue weighted by Crippen LogP contribution is 2.39. The van der Waals surface area contributed by atoms with Crippen molar-refractivity contribution in [3.05, 3.63) is 10.5 Å². The third kappa shape index (κ3) is 3.38. The molecule has 20 heavy (non-hydrogen) atoms. The molecular weight excluding hydrogens is 295 g/mol. The van der Waals surface area contributed by atoms with E-state index in [4.69, 9.17) is 4.74 Å². The number of alkyl halides is 3. The van der Waals surface area contributed by atoms with Gasteiger partial charge in [-0.1, -0.05) is 18.7 Å². The van der Waals surface area contributed by atoms with Crippen molar-refractivity contribution in [1.29, 1.82) is 0 Å². The van der Waals surface area contributed by atoms with Crippen molar-refractivity contribution in [2.24, 2.45) is 0 Å². The molecule has 0 aliphatic carbocycles. The normalized spacial score (nSPS) is 21.3. The van der Waals surface area contributed by atoms with E-state index in [9.17, 15) is 18.0 Å². The zero-order valence-corrected chi connectivity index (χ0v) is 11.8. The summed E-state index contributed by atoms with van der Waals surface area (Å²) in [6.07, 6.45) is -3.63. The molecule has 1 aromatic rings. The van der Waals surface area contributed by atoms with Crippen LogP contribution in [0.4, 0.5) is 13.2 Å². The van der Waals surface area contributed by atoms with Gasteiger partial charge in [0.15, 0.2) is 5.16 Å². The Balaban J connectivity index is 2.21. The number of aromatic amines is 1. The van der Waals surface area contributed by atoms with Gasteiger partial charge in [0.1, 0.15) is 5.25 Å². The second kappa shape index (κ2) is 6.21. The first kappa shape index (κ1) is 15.4. The Hall–Kier alpha value is -0.960. The second-order valence-corrected chi connectivity index (χ2v) is 5.70. The van der Waals surface area contributed by atoms with Crippen molar-refractivity contribution in [3.8, 4) is 0 Å². The van der Waals surface area contributed by atoms with Gasteiger partial charge < -0.3 is 4.74 Å². The monoisotopic (exact) mass is 311 g/mol. The van der Waals surface area contributed by atoms with Crippen LogP contribution < -0.4 is 5.69 Å². The van der Waals surface area contributed by atoms with Crippen molar-refractivity contribution in [2.75, 3.05) is 6.61 Å². The van der Waals surface area contributed by atoms with E-state index in [1.807, 2.05) is 6.92 Å². The first-order valence-electron chi connectivity index (χ1n) is 6.43. The molecule has 1 saturated heterocycles. The third-order valence-electron chi connectivity index (χ3n) is 3.03. The standard InChI is InChI=1S/C11H16F3N3O2S/c1-2-5-17-9(18)15-16-10(17)20-8(11(12,13)14)7-4-3-6-19-7/h7-8H,2-6H2,1H3,(H,15,18)/t7-,8+/m1/s1. The van der Waals surface area contributed by atoms with Gasteiger partial charge in [-0.3, -0.25) is 4.57 Å². The van der Waals surface area contributed by atoms with E-state index in [-0.39, 0.29) is 5.16 Å². The second-order valence-electron chi connectivity index (χ2n) is 4.59. The molecule has 0 unspecified atom stereocenters. The summed E-state index contributed by atoms with van der Waals surface area (Å²) in [6, 6.07) is 0. The molecule has 114 valence electrons. The first-order chi connectivity index (χ1) is 9.43. The van der Waals surface area contributed by atoms with Gasteiger partial charge in [0.05, 0.1) is 6.10 Å². The van der Waals surface area contributed by atoms with Crippen molar-refractivity contribution in [3.63, 3.8) is 0 Å². The minimum atomic E-state index is -4.40. The molecule has 2 heterocycles. The Bertz CT molecular complexity index is 494. The number of aromatic nitrogens is 3. The van der Waals surface area contributed by atoms with Crippen LogP contribution in [-0.4, -0.2) is 38.9 Å². The fourth-order valence-corrected chi connectivity index (χ4v) is 3.25. The van der Waals surface area contributed by atoms with Crippen LogP contribution in [0.3, 0.4) is 0 Å². The number of ether oxygens (including phenoxy) is 1. The molecule has 9 heteroatoms. The van der Waals surface area contributed by atoms with E-state index in [1.54, 1.807) is 0 Å². The predicted octanol–water partition coefficient (Wildman–Crippen LogP) is 2.18. The van der Waals surface area contributed by atoms with Crippen LogP contribution in [0.1, 0.15) is 26.2 Å². The van der Waals surface area contributed by atoms with Crippen molar-refractivity contribution >= 4 is 11.8 Å². The van der Waals surface area contributed by atoms with E-state index >= 15 is 0 Å². The Morgan fingerprint density at radius 1 is 1.60 bits per heavy atom. The smallest absolute Gasteiger partial charge is 0.377 e. The lowest BCUT2D eigenvalue weighted by atomic mass is 10.2. The fraction of sp³-hybridized carbons (Fsp3) is 0.818. The number of nitrogens with one attached hydrogen (secondary N) is 1. The van der Waals surface area contributed by atoms with E-state index in [2.05, 4.69) is 10.2 Å². The summed E-state index contributed by atoms with van der Waals surface area (Å²) >= 11 is 0.551. The molecule has 0 amide bonds. The minimum Gasteiger partial charge on any atom is -0.377 e. The SMILES string of the molecule is CCCn1c(S[C@@H]([C@H]2CCCO2)C(F)(F)F)n[nH]c1=O. The number of nitrogens with zero attached hydrogens (tertiary/aromatic N) is 2. The third-order valence-corrected chi connectivity index (χ3v) is 4.38. The van der Waals surface area contributed by atoms with Gasteiger partial charge in [0.2, 0.25) is 0 Å². The number of hydrogen-bond acceptors (Lipinski definition) is 4. The van der Waals surface area contributed by atoms with Gasteiger partial charge in [0, 0.05) is 13.2 Å². The van der Waals surface area contributed by atoms with Crippen LogP contribution in [-0.2, 0) is 11.3 Å². The lowest BCUT2D eigenvalue weighted by Gasteiger charge is -2.24. The molecule has 2 atom stereocenters. The van der Waals surface area contributed by atoms with Crippen LogP contribution in [0, 0.1) is 0 Å². The molecule has 1 aromatic heterocycles. The van der Waals surface area contributed by atoms with Gasteiger partial charge in [-0.2, -0.15) is 13.2 Å². The molecular formula is C11H16F3N3O2S. The predicted molar refractivity (Wildman–Crippen MR) is 67.8 cm³/mol. The van der Waals surface area contributed by atoms with E-state index in [0.717, 1.165) is 0 Å². The van der Waals surface area contributed by atoms with Crippen LogP contribution in [0.25, 0.3) is 0 Å². The maximum Gasteiger partial charge on any atom is 0.403 e. The molecule has 1 N–H and O–H groups in total. The van der Waals surface area contributed by atoms with E-state index in [1.165, 1.54) is 4.57 Å². The average Bonchev–Trinajstić information content (AvgIpc) is 2.98. The van der Waals surface area contributed by atoms with E-state index < -0.39 is 23.2 Å². The van der Waals surface area contributed by atoms with Gasteiger partial charge in [0.25, 0.3) is 0 Å². The summed E-state index contributed by atoms with van der Waals surface area (Å²) < 4.78 is 45.9. The average molecular weight is 311 g/mol. The molecule has 1 aliphatic heterocycles. The first-order valence-corrected chi connectivity index (χ1v) is 7.31. The van der Waals surface area contributed by atoms with Gasteiger partial charge in [-0.05, 0) is 19.3 Å². The van der Waals surface area contributed by atoms with Crippen LogP contribution in [0.15, 0.2) is 9.95 Å². The van der Waals surface area contributed by atoms with E-state index in [0.29, 0.717) is 44.2 Å². The maximum atomic E-state index is 13.2. The molecule has 2 rings (SSSR count). The molecule has 5 nitrogen and oxygen atoms in total. The van der Waals surface area contributed by atoms with Gasteiger partial charge >= 0.3 is 11.9 Å². The summed E-state index contributed by atoms with van der Waals surface area (Å²) in [6.45, 7) is 2.53. The quantitative estimate of drug-likeness (QED) is 0.847. The van der Waals surface area contributed by atoms with Crippen LogP contribution >= 0.6 is 11.8 Å². The Morgan fingerprint density at radius 2 is 2.35 bits per heavy atom. The molecule has 0 radical (unpaired) electrons. The minimum absolute atomic E-state index is 0.0645. The van der Waals surface area contributed by atoms with Gasteiger partial charge in [-0.25, -0.2) is 9.89 Å². The lowest BCUT2D eigenvalue weighted by molar-refractivity contribution is -0.148. The molecule has 1 aliphatic rings. The zero-order chi connectivity index (χ0) is 14.8. The highest BCUT2D eigenvalue weighted by Gasteiger charge is 2.48. The molecule has 0 bridgehead atoms. The number of H-pyrrole nitrogens is 1. The van der Waals surface area contributed by atoms with Crippen LogP contribution in [0.2, 0.25) is 0 Å². The molecule has 0 aromatic carbocycles. The maximum absolute atomic E-state index is 13.2. The van der Waals surface area contributed by atoms with Crippen LogP contribution in [0.5, 0.6) is 0 Å². The Kier molecular flexibility index (Phi) is 4.79. The van der Waals surface area contributed by atoms with Gasteiger partial charge in [-0.15, -0.1) is 5.10 Å². The zero-order valence-electron chi connectivity index (χ0n) is 10.9. The number of hydrogen-bond donors (Lipinski definition) is 1. The fourth-order valence-electron chi connectivity index (χ4n) is 2.12. The number of halogens is 3. The number of thioether (sulfide) groups is 1. The molecule has 1 fully saturated rings. The molecule has 0 saturated carbocycles. The highest BCUT2D eigenvalue weighted by molar-refractivity contribution is 7.99. The van der Waals surface area contributed by atoms with Crippen molar-refractivity contribution in [2.45, 2.75) is 55.4 Å². The summed E-state index contributed by atoms with van der Waals surface area (Å²) in [4.78, 5) is 11.5. The summed E-state index contributed by atoms with van der Waals surface area (Å²) in [5.74, 6) is 0. The Morgan fingerprint density at radius 3 is 2.90 bits per heavy atom. The Labute approximate surface area is 117 Å². The van der Waals surface area contributed by atoms with Crippen molar-refractivity contribution < 1.29 is 17.9 Å².